The van der Waals surface area contributed by atoms with Gasteiger partial charge < -0.3 is 9.84 Å². The molecule has 0 aromatic carbocycles. The van der Waals surface area contributed by atoms with Crippen LogP contribution in [-0.4, -0.2) is 27.6 Å². The molecule has 6 heteroatoms. The van der Waals surface area contributed by atoms with Crippen molar-refractivity contribution in [3.05, 3.63) is 39.3 Å². The summed E-state index contributed by atoms with van der Waals surface area (Å²) in [6.07, 6.45) is 0.996. The second-order valence-corrected chi connectivity index (χ2v) is 5.45. The Morgan fingerprint density at radius 2 is 2.44 bits per heavy atom. The standard InChI is InChI=1S/C12H15ClN2O2S/c1-9-12(13)5-14-15(9)6-10(16)7-17-8-11-3-2-4-18-11/h2-5,10,16H,6-8H2,1H3. The zero-order valence-corrected chi connectivity index (χ0v) is 11.6. The van der Waals surface area contributed by atoms with Gasteiger partial charge in [0, 0.05) is 4.88 Å². The quantitative estimate of drug-likeness (QED) is 0.887. The average Bonchev–Trinajstić information content (AvgIpc) is 2.95. The molecule has 0 aliphatic carbocycles. The van der Waals surface area contributed by atoms with E-state index in [1.165, 1.54) is 0 Å². The fourth-order valence-electron chi connectivity index (χ4n) is 1.55. The van der Waals surface area contributed by atoms with Crippen LogP contribution in [0.15, 0.2) is 23.7 Å². The second kappa shape index (κ2) is 6.33. The Hall–Kier alpha value is -0.880. The third kappa shape index (κ3) is 3.55. The molecule has 18 heavy (non-hydrogen) atoms. The maximum absolute atomic E-state index is 9.84. The number of nitrogens with zero attached hydrogens (tertiary/aromatic N) is 2. The van der Waals surface area contributed by atoms with Gasteiger partial charge in [0.15, 0.2) is 0 Å². The summed E-state index contributed by atoms with van der Waals surface area (Å²) >= 11 is 7.53. The summed E-state index contributed by atoms with van der Waals surface area (Å²) < 4.78 is 7.13. The Labute approximate surface area is 115 Å². The lowest BCUT2D eigenvalue weighted by molar-refractivity contribution is 0.0193. The monoisotopic (exact) mass is 286 g/mol. The highest BCUT2D eigenvalue weighted by atomic mass is 35.5. The van der Waals surface area contributed by atoms with Gasteiger partial charge in [-0.05, 0) is 18.4 Å². The van der Waals surface area contributed by atoms with Gasteiger partial charge in [-0.2, -0.15) is 5.10 Å². The Morgan fingerprint density at radius 3 is 3.06 bits per heavy atom. The second-order valence-electron chi connectivity index (χ2n) is 4.01. The van der Waals surface area contributed by atoms with Crippen LogP contribution in [0.2, 0.25) is 5.02 Å². The van der Waals surface area contributed by atoms with Gasteiger partial charge in [-0.25, -0.2) is 0 Å². The van der Waals surface area contributed by atoms with Crippen LogP contribution in [0.1, 0.15) is 10.6 Å². The highest BCUT2D eigenvalue weighted by Gasteiger charge is 2.10. The molecule has 0 saturated heterocycles. The first-order valence-corrected chi connectivity index (χ1v) is 6.88. The molecular weight excluding hydrogens is 272 g/mol. The predicted octanol–water partition coefficient (Wildman–Crippen LogP) is 2.48. The first kappa shape index (κ1) is 13.5. The van der Waals surface area contributed by atoms with Crippen LogP contribution in [0, 0.1) is 6.92 Å². The highest BCUT2D eigenvalue weighted by molar-refractivity contribution is 7.09. The minimum absolute atomic E-state index is 0.287. The summed E-state index contributed by atoms with van der Waals surface area (Å²) in [5.74, 6) is 0. The Kier molecular flexibility index (Phi) is 4.77. The van der Waals surface area contributed by atoms with Crippen LogP contribution in [0.3, 0.4) is 0 Å². The molecule has 0 aliphatic heterocycles. The van der Waals surface area contributed by atoms with Crippen molar-refractivity contribution >= 4 is 22.9 Å². The smallest absolute Gasteiger partial charge is 0.0969 e. The van der Waals surface area contributed by atoms with Crippen molar-refractivity contribution in [2.24, 2.45) is 0 Å². The van der Waals surface area contributed by atoms with Crippen molar-refractivity contribution in [1.82, 2.24) is 9.78 Å². The molecule has 0 aliphatic rings. The summed E-state index contributed by atoms with van der Waals surface area (Å²) in [5, 5.41) is 16.5. The first-order chi connectivity index (χ1) is 8.66. The summed E-state index contributed by atoms with van der Waals surface area (Å²) in [5.41, 5.74) is 0.856. The minimum atomic E-state index is -0.584. The van der Waals surface area contributed by atoms with Gasteiger partial charge in [0.1, 0.15) is 0 Å². The lowest BCUT2D eigenvalue weighted by atomic mass is 10.3. The maximum atomic E-state index is 9.84. The summed E-state index contributed by atoms with van der Waals surface area (Å²) in [4.78, 5) is 1.15. The lowest BCUT2D eigenvalue weighted by Crippen LogP contribution is -2.23. The van der Waals surface area contributed by atoms with Crippen molar-refractivity contribution in [3.63, 3.8) is 0 Å². The Morgan fingerprint density at radius 1 is 1.61 bits per heavy atom. The van der Waals surface area contributed by atoms with Crippen molar-refractivity contribution < 1.29 is 9.84 Å². The molecule has 1 atom stereocenters. The number of halogens is 1. The Bertz CT molecular complexity index is 484. The zero-order valence-electron chi connectivity index (χ0n) is 10.0. The fourth-order valence-corrected chi connectivity index (χ4v) is 2.33. The molecule has 1 N–H and O–H groups in total. The van der Waals surface area contributed by atoms with Crippen molar-refractivity contribution in [2.75, 3.05) is 6.61 Å². The van der Waals surface area contributed by atoms with Gasteiger partial charge in [-0.15, -0.1) is 11.3 Å². The molecule has 1 unspecified atom stereocenters. The van der Waals surface area contributed by atoms with E-state index in [1.54, 1.807) is 22.2 Å². The molecule has 0 radical (unpaired) electrons. The normalized spacial score (nSPS) is 12.8. The number of aliphatic hydroxyl groups is 1. The molecule has 2 aromatic heterocycles. The molecule has 0 saturated carbocycles. The topological polar surface area (TPSA) is 47.3 Å². The molecule has 0 spiro atoms. The SMILES string of the molecule is Cc1c(Cl)cnn1CC(O)COCc1cccs1. The molecule has 2 aromatic rings. The van der Waals surface area contributed by atoms with Gasteiger partial charge in [0.2, 0.25) is 0 Å². The van der Waals surface area contributed by atoms with E-state index in [0.717, 1.165) is 10.6 Å². The van der Waals surface area contributed by atoms with Crippen LogP contribution >= 0.6 is 22.9 Å². The molecule has 0 amide bonds. The number of hydrogen-bond acceptors (Lipinski definition) is 4. The van der Waals surface area contributed by atoms with E-state index in [-0.39, 0.29) is 6.61 Å². The fraction of sp³-hybridized carbons (Fsp3) is 0.417. The van der Waals surface area contributed by atoms with Crippen LogP contribution in [0.4, 0.5) is 0 Å². The summed E-state index contributed by atoms with van der Waals surface area (Å²) in [7, 11) is 0. The average molecular weight is 287 g/mol. The first-order valence-electron chi connectivity index (χ1n) is 5.63. The van der Waals surface area contributed by atoms with E-state index in [2.05, 4.69) is 5.10 Å². The largest absolute Gasteiger partial charge is 0.389 e. The number of hydrogen-bond donors (Lipinski definition) is 1. The van der Waals surface area contributed by atoms with Crippen LogP contribution in [0.5, 0.6) is 0 Å². The molecule has 4 nitrogen and oxygen atoms in total. The maximum Gasteiger partial charge on any atom is 0.0969 e. The van der Waals surface area contributed by atoms with Crippen molar-refractivity contribution in [1.29, 1.82) is 0 Å². The summed E-state index contributed by atoms with van der Waals surface area (Å²) in [6, 6.07) is 3.99. The van der Waals surface area contributed by atoms with Gasteiger partial charge in [0.25, 0.3) is 0 Å². The van der Waals surface area contributed by atoms with Gasteiger partial charge in [-0.1, -0.05) is 17.7 Å². The molecule has 0 fully saturated rings. The molecule has 2 rings (SSSR count). The van der Waals surface area contributed by atoms with E-state index in [1.807, 2.05) is 24.4 Å². The minimum Gasteiger partial charge on any atom is -0.389 e. The van der Waals surface area contributed by atoms with E-state index in [0.29, 0.717) is 18.2 Å². The molecule has 98 valence electrons. The lowest BCUT2D eigenvalue weighted by Gasteiger charge is -2.12. The predicted molar refractivity (Wildman–Crippen MR) is 72.0 cm³/mol. The number of rotatable bonds is 6. The van der Waals surface area contributed by atoms with Crippen LogP contribution < -0.4 is 0 Å². The third-order valence-electron chi connectivity index (χ3n) is 2.56. The van der Waals surface area contributed by atoms with E-state index >= 15 is 0 Å². The number of aliphatic hydroxyl groups excluding tert-OH is 1. The van der Waals surface area contributed by atoms with E-state index in [9.17, 15) is 5.11 Å². The third-order valence-corrected chi connectivity index (χ3v) is 3.78. The van der Waals surface area contributed by atoms with Gasteiger partial charge in [0.05, 0.1) is 42.8 Å². The number of thiophene rings is 1. The van der Waals surface area contributed by atoms with Gasteiger partial charge in [-0.3, -0.25) is 4.68 Å². The molecule has 0 bridgehead atoms. The molecule has 2 heterocycles. The van der Waals surface area contributed by atoms with Crippen molar-refractivity contribution in [3.8, 4) is 0 Å². The van der Waals surface area contributed by atoms with Gasteiger partial charge >= 0.3 is 0 Å². The van der Waals surface area contributed by atoms with Crippen LogP contribution in [-0.2, 0) is 17.9 Å². The van der Waals surface area contributed by atoms with Crippen LogP contribution in [0.25, 0.3) is 0 Å². The van der Waals surface area contributed by atoms with Crippen molar-refractivity contribution in [2.45, 2.75) is 26.2 Å². The zero-order chi connectivity index (χ0) is 13.0. The van der Waals surface area contributed by atoms with E-state index < -0.39 is 6.10 Å². The summed E-state index contributed by atoms with van der Waals surface area (Å²) in [6.45, 7) is 3.08. The molecular formula is C12H15ClN2O2S. The Balaban J connectivity index is 1.75. The van der Waals surface area contributed by atoms with E-state index in [4.69, 9.17) is 16.3 Å². The highest BCUT2D eigenvalue weighted by Crippen LogP contribution is 2.14. The number of ether oxygens (including phenoxy) is 1. The number of aromatic nitrogens is 2.